The number of benzene rings is 2. The topological polar surface area (TPSA) is 41.1 Å². The van der Waals surface area contributed by atoms with Crippen LogP contribution in [0.2, 0.25) is 0 Å². The van der Waals surface area contributed by atoms with Crippen LogP contribution in [0, 0.1) is 5.82 Å². The zero-order valence-electron chi connectivity index (χ0n) is 14.0. The number of anilines is 3. The second kappa shape index (κ2) is 6.51. The molecule has 0 bridgehead atoms. The van der Waals surface area contributed by atoms with E-state index in [1.54, 1.807) is 18.3 Å². The van der Waals surface area contributed by atoms with Crippen molar-refractivity contribution in [2.75, 3.05) is 10.2 Å². The highest BCUT2D eigenvalue weighted by atomic mass is 19.1. The molecule has 0 saturated carbocycles. The van der Waals surface area contributed by atoms with Crippen LogP contribution < -0.4 is 10.2 Å². The van der Waals surface area contributed by atoms with Crippen LogP contribution in [0.5, 0.6) is 0 Å². The summed E-state index contributed by atoms with van der Waals surface area (Å²) in [5, 5.41) is 3.12. The molecule has 2 heterocycles. The first-order valence-corrected chi connectivity index (χ1v) is 8.40. The van der Waals surface area contributed by atoms with Gasteiger partial charge >= 0.3 is 0 Å². The Labute approximate surface area is 146 Å². The van der Waals surface area contributed by atoms with Crippen LogP contribution in [-0.4, -0.2) is 16.0 Å². The molecule has 1 N–H and O–H groups in total. The smallest absolute Gasteiger partial charge is 0.224 e. The molecule has 0 saturated heterocycles. The molecule has 0 amide bonds. The molecule has 1 aliphatic heterocycles. The molecule has 4 nitrogen and oxygen atoms in total. The molecule has 0 aliphatic carbocycles. The molecule has 5 heteroatoms. The van der Waals surface area contributed by atoms with Gasteiger partial charge in [-0.15, -0.1) is 0 Å². The molecule has 0 spiro atoms. The van der Waals surface area contributed by atoms with Crippen LogP contribution >= 0.6 is 0 Å². The zero-order chi connectivity index (χ0) is 17.2. The van der Waals surface area contributed by atoms with E-state index in [0.717, 1.165) is 12.2 Å². The van der Waals surface area contributed by atoms with Crippen LogP contribution in [0.1, 0.15) is 18.1 Å². The molecule has 0 fully saturated rings. The number of hydrogen-bond acceptors (Lipinski definition) is 4. The third-order valence-electron chi connectivity index (χ3n) is 4.49. The average Bonchev–Trinajstić information content (AvgIpc) is 2.97. The number of hydrogen-bond donors (Lipinski definition) is 1. The fourth-order valence-corrected chi connectivity index (χ4v) is 3.30. The minimum atomic E-state index is -0.228. The van der Waals surface area contributed by atoms with Gasteiger partial charge in [0, 0.05) is 30.0 Å². The molecule has 1 atom stereocenters. The molecular weight excluding hydrogens is 315 g/mol. The van der Waals surface area contributed by atoms with Gasteiger partial charge in [-0.1, -0.05) is 36.4 Å². The first kappa shape index (κ1) is 15.6. The normalized spacial score (nSPS) is 15.9. The van der Waals surface area contributed by atoms with Crippen molar-refractivity contribution in [2.24, 2.45) is 0 Å². The van der Waals surface area contributed by atoms with E-state index in [4.69, 9.17) is 0 Å². The van der Waals surface area contributed by atoms with Crippen LogP contribution in [0.3, 0.4) is 0 Å². The maximum absolute atomic E-state index is 13.7. The van der Waals surface area contributed by atoms with Gasteiger partial charge in [0.2, 0.25) is 5.95 Å². The van der Waals surface area contributed by atoms with Gasteiger partial charge in [0.05, 0.1) is 0 Å². The Bertz CT molecular complexity index is 896. The van der Waals surface area contributed by atoms with Gasteiger partial charge < -0.3 is 10.2 Å². The van der Waals surface area contributed by atoms with Crippen molar-refractivity contribution in [1.82, 2.24) is 9.97 Å². The lowest BCUT2D eigenvalue weighted by atomic mass is 10.1. The van der Waals surface area contributed by atoms with Gasteiger partial charge in [0.25, 0.3) is 0 Å². The van der Waals surface area contributed by atoms with Gasteiger partial charge in [-0.25, -0.2) is 9.37 Å². The fraction of sp³-hybridized carbons (Fsp3) is 0.200. The summed E-state index contributed by atoms with van der Waals surface area (Å²) in [4.78, 5) is 11.1. The molecule has 25 heavy (non-hydrogen) atoms. The van der Waals surface area contributed by atoms with Gasteiger partial charge in [0.15, 0.2) is 0 Å². The summed E-state index contributed by atoms with van der Waals surface area (Å²) in [6.45, 7) is 2.54. The summed E-state index contributed by atoms with van der Waals surface area (Å²) in [5.74, 6) is 1.12. The SMILES string of the molecule is CC1Cc2ccccc2N1c1ccnc(NCc2ccccc2F)n1. The minimum absolute atomic E-state index is 0.228. The third kappa shape index (κ3) is 3.05. The van der Waals surface area contributed by atoms with E-state index in [-0.39, 0.29) is 5.82 Å². The summed E-state index contributed by atoms with van der Waals surface area (Å²) < 4.78 is 13.7. The molecule has 0 radical (unpaired) electrons. The van der Waals surface area contributed by atoms with Gasteiger partial charge in [-0.2, -0.15) is 4.98 Å². The Morgan fingerprint density at radius 1 is 1.12 bits per heavy atom. The van der Waals surface area contributed by atoms with E-state index in [1.807, 2.05) is 18.2 Å². The summed E-state index contributed by atoms with van der Waals surface area (Å²) >= 11 is 0. The average molecular weight is 334 g/mol. The second-order valence-corrected chi connectivity index (χ2v) is 6.24. The number of fused-ring (bicyclic) bond motifs is 1. The summed E-state index contributed by atoms with van der Waals surface area (Å²) in [5.41, 5.74) is 3.11. The number of rotatable bonds is 4. The van der Waals surface area contributed by atoms with Crippen molar-refractivity contribution in [3.05, 3.63) is 77.7 Å². The highest BCUT2D eigenvalue weighted by Crippen LogP contribution is 2.37. The molecule has 4 rings (SSSR count). The number of para-hydroxylation sites is 1. The molecule has 126 valence electrons. The third-order valence-corrected chi connectivity index (χ3v) is 4.49. The van der Waals surface area contributed by atoms with Crippen molar-refractivity contribution in [1.29, 1.82) is 0 Å². The van der Waals surface area contributed by atoms with E-state index < -0.39 is 0 Å². The lowest BCUT2D eigenvalue weighted by Gasteiger charge is -2.24. The minimum Gasteiger partial charge on any atom is -0.350 e. The molecular formula is C20H19FN4. The highest BCUT2D eigenvalue weighted by Gasteiger charge is 2.27. The molecule has 1 aliphatic rings. The predicted octanol–water partition coefficient (Wildman–Crippen LogP) is 4.31. The fourth-order valence-electron chi connectivity index (χ4n) is 3.30. The quantitative estimate of drug-likeness (QED) is 0.772. The Balaban J connectivity index is 1.57. The monoisotopic (exact) mass is 334 g/mol. The predicted molar refractivity (Wildman–Crippen MR) is 97.5 cm³/mol. The first-order chi connectivity index (χ1) is 12.2. The Hall–Kier alpha value is -2.95. The van der Waals surface area contributed by atoms with E-state index >= 15 is 0 Å². The maximum atomic E-state index is 13.7. The van der Waals surface area contributed by atoms with Crippen molar-refractivity contribution in [3.63, 3.8) is 0 Å². The summed E-state index contributed by atoms with van der Waals surface area (Å²) in [6, 6.07) is 17.3. The Morgan fingerprint density at radius 3 is 2.80 bits per heavy atom. The van der Waals surface area contributed by atoms with Crippen LogP contribution in [0.25, 0.3) is 0 Å². The van der Waals surface area contributed by atoms with Gasteiger partial charge in [-0.05, 0) is 37.1 Å². The lowest BCUT2D eigenvalue weighted by Crippen LogP contribution is -2.25. The molecule has 1 aromatic heterocycles. The number of aromatic nitrogens is 2. The second-order valence-electron chi connectivity index (χ2n) is 6.24. The van der Waals surface area contributed by atoms with Crippen LogP contribution in [0.4, 0.5) is 21.8 Å². The number of nitrogens with one attached hydrogen (secondary N) is 1. The number of halogens is 1. The van der Waals surface area contributed by atoms with Crippen molar-refractivity contribution in [3.8, 4) is 0 Å². The standard InChI is InChI=1S/C20H19FN4/c1-14-12-15-6-3-5-9-18(15)25(14)19-10-11-22-20(24-19)23-13-16-7-2-4-8-17(16)21/h2-11,14H,12-13H2,1H3,(H,22,23,24). The van der Waals surface area contributed by atoms with Gasteiger partial charge in [0.1, 0.15) is 11.6 Å². The molecule has 3 aromatic rings. The van der Waals surface area contributed by atoms with E-state index in [0.29, 0.717) is 24.1 Å². The van der Waals surface area contributed by atoms with Gasteiger partial charge in [-0.3, -0.25) is 0 Å². The summed E-state index contributed by atoms with van der Waals surface area (Å²) in [6.07, 6.45) is 2.73. The maximum Gasteiger partial charge on any atom is 0.224 e. The van der Waals surface area contributed by atoms with Crippen LogP contribution in [-0.2, 0) is 13.0 Å². The molecule has 1 unspecified atom stereocenters. The Morgan fingerprint density at radius 2 is 1.92 bits per heavy atom. The highest BCUT2D eigenvalue weighted by molar-refractivity contribution is 5.69. The number of nitrogens with zero attached hydrogens (tertiary/aromatic N) is 3. The summed E-state index contributed by atoms with van der Waals surface area (Å²) in [7, 11) is 0. The van der Waals surface area contributed by atoms with Crippen molar-refractivity contribution in [2.45, 2.75) is 25.9 Å². The lowest BCUT2D eigenvalue weighted by molar-refractivity contribution is 0.612. The van der Waals surface area contributed by atoms with E-state index in [1.165, 1.54) is 17.3 Å². The zero-order valence-corrected chi connectivity index (χ0v) is 14.0. The molecule has 2 aromatic carbocycles. The van der Waals surface area contributed by atoms with Crippen molar-refractivity contribution >= 4 is 17.5 Å². The van der Waals surface area contributed by atoms with Crippen LogP contribution in [0.15, 0.2) is 60.8 Å². The van der Waals surface area contributed by atoms with Crippen molar-refractivity contribution < 1.29 is 4.39 Å². The largest absolute Gasteiger partial charge is 0.350 e. The van der Waals surface area contributed by atoms with E-state index in [2.05, 4.69) is 45.3 Å². The first-order valence-electron chi connectivity index (χ1n) is 8.40. The Kier molecular flexibility index (Phi) is 4.06. The van der Waals surface area contributed by atoms with E-state index in [9.17, 15) is 4.39 Å².